The van der Waals surface area contributed by atoms with Crippen LogP contribution in [0.2, 0.25) is 0 Å². The minimum absolute atomic E-state index is 0.103. The predicted molar refractivity (Wildman–Crippen MR) is 107 cm³/mol. The average molecular weight is 396 g/mol. The molecule has 0 spiro atoms. The van der Waals surface area contributed by atoms with Crippen molar-refractivity contribution in [3.05, 3.63) is 65.5 Å². The van der Waals surface area contributed by atoms with E-state index in [4.69, 9.17) is 0 Å². The lowest BCUT2D eigenvalue weighted by Crippen LogP contribution is -2.40. The van der Waals surface area contributed by atoms with Gasteiger partial charge in [0, 0.05) is 25.7 Å². The highest BCUT2D eigenvalue weighted by Crippen LogP contribution is 2.28. The Morgan fingerprint density at radius 3 is 2.57 bits per heavy atom. The van der Waals surface area contributed by atoms with Crippen molar-refractivity contribution in [1.82, 2.24) is 19.7 Å². The summed E-state index contributed by atoms with van der Waals surface area (Å²) in [6.07, 6.45) is 0.887. The summed E-state index contributed by atoms with van der Waals surface area (Å²) < 4.78 is 15.0. The van der Waals surface area contributed by atoms with Gasteiger partial charge >= 0.3 is 0 Å². The first-order chi connectivity index (χ1) is 13.5. The number of hydrogen-bond acceptors (Lipinski definition) is 4. The number of carbonyl (C=O) groups excluding carboxylic acids is 1. The third-order valence-corrected chi connectivity index (χ3v) is 6.13. The maximum Gasteiger partial charge on any atom is 0.236 e. The Bertz CT molecular complexity index is 1000. The van der Waals surface area contributed by atoms with Crippen molar-refractivity contribution in [2.24, 2.45) is 7.05 Å². The van der Waals surface area contributed by atoms with E-state index in [1.807, 2.05) is 35.6 Å². The van der Waals surface area contributed by atoms with Crippen molar-refractivity contribution in [1.29, 1.82) is 0 Å². The average Bonchev–Trinajstić information content (AvgIpc) is 3.08. The van der Waals surface area contributed by atoms with Crippen LogP contribution in [0.15, 0.2) is 53.7 Å². The van der Waals surface area contributed by atoms with E-state index in [-0.39, 0.29) is 17.0 Å². The van der Waals surface area contributed by atoms with Gasteiger partial charge in [-0.2, -0.15) is 0 Å². The van der Waals surface area contributed by atoms with E-state index >= 15 is 0 Å². The molecule has 0 N–H and O–H groups in total. The van der Waals surface area contributed by atoms with E-state index < -0.39 is 0 Å². The standard InChI is InChI=1S/C21H21FN4OS/c1-14(20(27)26-12-11-15-5-3-4-6-17(15)13-26)28-21-24-23-19(25(21)2)16-7-9-18(22)10-8-16/h3-10,14H,11-13H2,1-2H3/t14-/m0/s1. The van der Waals surface area contributed by atoms with Crippen LogP contribution in [0.4, 0.5) is 4.39 Å². The second kappa shape index (κ2) is 7.75. The second-order valence-electron chi connectivity index (χ2n) is 6.91. The van der Waals surface area contributed by atoms with E-state index in [1.165, 1.54) is 35.0 Å². The summed E-state index contributed by atoms with van der Waals surface area (Å²) in [6.45, 7) is 3.29. The van der Waals surface area contributed by atoms with Gasteiger partial charge in [0.1, 0.15) is 5.82 Å². The molecule has 1 amide bonds. The van der Waals surface area contributed by atoms with E-state index in [9.17, 15) is 9.18 Å². The summed E-state index contributed by atoms with van der Waals surface area (Å²) >= 11 is 1.40. The van der Waals surface area contributed by atoms with Crippen LogP contribution in [0.3, 0.4) is 0 Å². The van der Waals surface area contributed by atoms with Crippen molar-refractivity contribution in [3.63, 3.8) is 0 Å². The Morgan fingerprint density at radius 2 is 1.82 bits per heavy atom. The summed E-state index contributed by atoms with van der Waals surface area (Å²) in [4.78, 5) is 14.9. The third kappa shape index (κ3) is 3.67. The number of fused-ring (bicyclic) bond motifs is 1. The fourth-order valence-corrected chi connectivity index (χ4v) is 4.32. The minimum atomic E-state index is -0.289. The van der Waals surface area contributed by atoms with Crippen LogP contribution in [0, 0.1) is 5.82 Å². The van der Waals surface area contributed by atoms with Crippen molar-refractivity contribution < 1.29 is 9.18 Å². The Hall–Kier alpha value is -2.67. The van der Waals surface area contributed by atoms with Crippen molar-refractivity contribution in [3.8, 4) is 11.4 Å². The van der Waals surface area contributed by atoms with Gasteiger partial charge in [-0.05, 0) is 48.7 Å². The minimum Gasteiger partial charge on any atom is -0.337 e. The van der Waals surface area contributed by atoms with Gasteiger partial charge in [-0.3, -0.25) is 4.79 Å². The van der Waals surface area contributed by atoms with Gasteiger partial charge in [0.15, 0.2) is 11.0 Å². The Kier molecular flexibility index (Phi) is 5.17. The third-order valence-electron chi connectivity index (χ3n) is 5.01. The largest absolute Gasteiger partial charge is 0.337 e. The highest BCUT2D eigenvalue weighted by molar-refractivity contribution is 8.00. The van der Waals surface area contributed by atoms with E-state index in [2.05, 4.69) is 22.3 Å². The molecule has 2 heterocycles. The van der Waals surface area contributed by atoms with Crippen LogP contribution >= 0.6 is 11.8 Å². The summed E-state index contributed by atoms with van der Waals surface area (Å²) in [7, 11) is 1.86. The molecule has 4 rings (SSSR count). The molecule has 7 heteroatoms. The summed E-state index contributed by atoms with van der Waals surface area (Å²) in [5.41, 5.74) is 3.33. The SMILES string of the molecule is C[C@H](Sc1nnc(-c2ccc(F)cc2)n1C)C(=O)N1CCc2ccccc2C1. The molecule has 0 unspecified atom stereocenters. The quantitative estimate of drug-likeness (QED) is 0.631. The molecule has 144 valence electrons. The zero-order chi connectivity index (χ0) is 19.7. The number of aromatic nitrogens is 3. The van der Waals surface area contributed by atoms with Gasteiger partial charge in [-0.1, -0.05) is 36.0 Å². The molecule has 1 atom stereocenters. The predicted octanol–water partition coefficient (Wildman–Crippen LogP) is 3.69. The molecule has 28 heavy (non-hydrogen) atoms. The number of rotatable bonds is 4. The molecular weight excluding hydrogens is 375 g/mol. The highest BCUT2D eigenvalue weighted by atomic mass is 32.2. The highest BCUT2D eigenvalue weighted by Gasteiger charge is 2.26. The van der Waals surface area contributed by atoms with Crippen LogP contribution in [0.5, 0.6) is 0 Å². The Morgan fingerprint density at radius 1 is 1.11 bits per heavy atom. The van der Waals surface area contributed by atoms with Gasteiger partial charge in [0.25, 0.3) is 0 Å². The smallest absolute Gasteiger partial charge is 0.236 e. The molecule has 1 aliphatic heterocycles. The number of nitrogens with zero attached hydrogens (tertiary/aromatic N) is 4. The maximum absolute atomic E-state index is 13.1. The van der Waals surface area contributed by atoms with E-state index in [0.717, 1.165) is 18.5 Å². The van der Waals surface area contributed by atoms with Gasteiger partial charge in [-0.25, -0.2) is 4.39 Å². The van der Waals surface area contributed by atoms with E-state index in [0.29, 0.717) is 17.5 Å². The van der Waals surface area contributed by atoms with Crippen LogP contribution in [-0.2, 0) is 24.8 Å². The fourth-order valence-electron chi connectivity index (χ4n) is 3.42. The molecule has 0 bridgehead atoms. The molecule has 3 aromatic rings. The van der Waals surface area contributed by atoms with Gasteiger partial charge < -0.3 is 9.47 Å². The first-order valence-electron chi connectivity index (χ1n) is 9.20. The molecule has 0 saturated heterocycles. The molecule has 2 aromatic carbocycles. The molecule has 0 radical (unpaired) electrons. The van der Waals surface area contributed by atoms with Crippen LogP contribution in [0.1, 0.15) is 18.1 Å². The Labute approximate surface area is 167 Å². The molecule has 0 saturated carbocycles. The molecule has 0 aliphatic carbocycles. The fraction of sp³-hybridized carbons (Fsp3) is 0.286. The van der Waals surface area contributed by atoms with Crippen molar-refractivity contribution in [2.45, 2.75) is 30.3 Å². The molecule has 5 nitrogen and oxygen atoms in total. The first kappa shape index (κ1) is 18.7. The van der Waals surface area contributed by atoms with Crippen LogP contribution in [0.25, 0.3) is 11.4 Å². The van der Waals surface area contributed by atoms with Gasteiger partial charge in [0.2, 0.25) is 5.91 Å². The maximum atomic E-state index is 13.1. The first-order valence-corrected chi connectivity index (χ1v) is 10.1. The normalized spacial score (nSPS) is 14.6. The number of amides is 1. The number of carbonyl (C=O) groups is 1. The zero-order valence-electron chi connectivity index (χ0n) is 15.8. The monoisotopic (exact) mass is 396 g/mol. The van der Waals surface area contributed by atoms with Gasteiger partial charge in [0.05, 0.1) is 5.25 Å². The van der Waals surface area contributed by atoms with Crippen molar-refractivity contribution >= 4 is 17.7 Å². The lowest BCUT2D eigenvalue weighted by molar-refractivity contribution is -0.131. The molecule has 1 aromatic heterocycles. The molecule has 1 aliphatic rings. The summed E-state index contributed by atoms with van der Waals surface area (Å²) in [5.74, 6) is 0.461. The number of thioether (sulfide) groups is 1. The van der Waals surface area contributed by atoms with Gasteiger partial charge in [-0.15, -0.1) is 10.2 Å². The van der Waals surface area contributed by atoms with Crippen LogP contribution < -0.4 is 0 Å². The summed E-state index contributed by atoms with van der Waals surface area (Å²) in [5, 5.41) is 8.84. The second-order valence-corrected chi connectivity index (χ2v) is 8.22. The van der Waals surface area contributed by atoms with Crippen molar-refractivity contribution in [2.75, 3.05) is 6.54 Å². The number of benzene rings is 2. The zero-order valence-corrected chi connectivity index (χ0v) is 16.6. The molecular formula is C21H21FN4OS. The lowest BCUT2D eigenvalue weighted by Gasteiger charge is -2.30. The summed E-state index contributed by atoms with van der Waals surface area (Å²) in [6, 6.07) is 14.4. The Balaban J connectivity index is 1.46. The number of halogens is 1. The van der Waals surface area contributed by atoms with Crippen LogP contribution in [-0.4, -0.2) is 37.4 Å². The topological polar surface area (TPSA) is 51.0 Å². The molecule has 0 fully saturated rings. The lowest BCUT2D eigenvalue weighted by atomic mass is 10.00. The van der Waals surface area contributed by atoms with E-state index in [1.54, 1.807) is 12.1 Å². The number of hydrogen-bond donors (Lipinski definition) is 0.